The van der Waals surface area contributed by atoms with Crippen LogP contribution in [0.4, 0.5) is 10.5 Å². The average Bonchev–Trinajstić information content (AvgIpc) is 2.61. The molecular weight excluding hydrogens is 312 g/mol. The molecule has 8 nitrogen and oxygen atoms in total. The van der Waals surface area contributed by atoms with Crippen LogP contribution in [-0.2, 0) is 4.74 Å². The van der Waals surface area contributed by atoms with Gasteiger partial charge >= 0.3 is 6.09 Å². The van der Waals surface area contributed by atoms with Crippen LogP contribution in [0.2, 0.25) is 0 Å². The highest BCUT2D eigenvalue weighted by molar-refractivity contribution is 6.03. The molecule has 0 aliphatic rings. The molecule has 3 amide bonds. The third-order valence-corrected chi connectivity index (χ3v) is 2.86. The second-order valence-corrected chi connectivity index (χ2v) is 4.55. The van der Waals surface area contributed by atoms with Gasteiger partial charge in [0.25, 0.3) is 11.8 Å². The molecule has 0 saturated heterocycles. The third-order valence-electron chi connectivity index (χ3n) is 2.86. The summed E-state index contributed by atoms with van der Waals surface area (Å²) >= 11 is 0. The van der Waals surface area contributed by atoms with E-state index in [1.54, 1.807) is 37.3 Å². The molecule has 2 aromatic rings. The Hall–Kier alpha value is -3.42. The first-order chi connectivity index (χ1) is 11.6. The molecule has 1 heterocycles. The van der Waals surface area contributed by atoms with Crippen LogP contribution in [0.5, 0.6) is 0 Å². The Labute approximate surface area is 138 Å². The number of benzene rings is 1. The lowest BCUT2D eigenvalue weighted by Gasteiger charge is -2.08. The van der Waals surface area contributed by atoms with Gasteiger partial charge in [0.1, 0.15) is 5.69 Å². The van der Waals surface area contributed by atoms with Crippen LogP contribution in [0, 0.1) is 0 Å². The number of aromatic nitrogens is 1. The summed E-state index contributed by atoms with van der Waals surface area (Å²) in [6.45, 7) is 1.85. The number of anilines is 1. The van der Waals surface area contributed by atoms with Crippen LogP contribution in [0.3, 0.4) is 0 Å². The number of amides is 3. The number of nitrogens with one attached hydrogen (secondary N) is 3. The fraction of sp³-hybridized carbons (Fsp3) is 0.125. The topological polar surface area (TPSA) is 109 Å². The fourth-order valence-corrected chi connectivity index (χ4v) is 1.74. The lowest BCUT2D eigenvalue weighted by Crippen LogP contribution is -2.41. The van der Waals surface area contributed by atoms with Crippen molar-refractivity contribution >= 4 is 23.6 Å². The number of rotatable bonds is 4. The molecule has 124 valence electrons. The number of carbonyl (C=O) groups is 3. The van der Waals surface area contributed by atoms with Gasteiger partial charge in [0.15, 0.2) is 0 Å². The Bertz CT molecular complexity index is 717. The van der Waals surface area contributed by atoms with Crippen molar-refractivity contribution in [2.45, 2.75) is 6.92 Å². The second-order valence-electron chi connectivity index (χ2n) is 4.55. The molecule has 8 heteroatoms. The molecule has 24 heavy (non-hydrogen) atoms. The Morgan fingerprint density at radius 3 is 2.38 bits per heavy atom. The minimum Gasteiger partial charge on any atom is -0.449 e. The first-order valence-corrected chi connectivity index (χ1v) is 7.15. The van der Waals surface area contributed by atoms with Crippen LogP contribution < -0.4 is 16.2 Å². The highest BCUT2D eigenvalue weighted by Crippen LogP contribution is 2.10. The average molecular weight is 328 g/mol. The number of pyridine rings is 1. The van der Waals surface area contributed by atoms with Gasteiger partial charge in [-0.1, -0.05) is 6.07 Å². The number of carbonyl (C=O) groups excluding carboxylic acids is 3. The van der Waals surface area contributed by atoms with Gasteiger partial charge in [-0.15, -0.1) is 0 Å². The first kappa shape index (κ1) is 16.9. The van der Waals surface area contributed by atoms with Gasteiger partial charge in [-0.05, 0) is 43.3 Å². The maximum Gasteiger partial charge on any atom is 0.426 e. The van der Waals surface area contributed by atoms with E-state index >= 15 is 0 Å². The Morgan fingerprint density at radius 1 is 1.00 bits per heavy atom. The normalized spacial score (nSPS) is 9.71. The molecule has 0 spiro atoms. The summed E-state index contributed by atoms with van der Waals surface area (Å²) in [5, 5.41) is 2.67. The minimum atomic E-state index is -0.745. The van der Waals surface area contributed by atoms with E-state index in [9.17, 15) is 14.4 Å². The standard InChI is InChI=1S/C16H16N4O4/c1-2-24-16(23)20-19-14(21)11-6-8-12(9-7-11)18-15(22)13-5-3-4-10-17-13/h3-10H,2H2,1H3,(H,18,22)(H,19,21)(H,20,23). The van der Waals surface area contributed by atoms with Crippen molar-refractivity contribution in [3.8, 4) is 0 Å². The van der Waals surface area contributed by atoms with Crippen molar-refractivity contribution in [3.63, 3.8) is 0 Å². The quantitative estimate of drug-likeness (QED) is 0.740. The summed E-state index contributed by atoms with van der Waals surface area (Å²) in [5.74, 6) is -0.859. The lowest BCUT2D eigenvalue weighted by molar-refractivity contribution is 0.0912. The van der Waals surface area contributed by atoms with Crippen molar-refractivity contribution in [1.82, 2.24) is 15.8 Å². The molecule has 3 N–H and O–H groups in total. The molecule has 1 aromatic carbocycles. The summed E-state index contributed by atoms with van der Waals surface area (Å²) in [5.41, 5.74) is 5.43. The monoisotopic (exact) mass is 328 g/mol. The largest absolute Gasteiger partial charge is 0.449 e. The van der Waals surface area contributed by atoms with Gasteiger partial charge in [-0.25, -0.2) is 10.2 Å². The maximum absolute atomic E-state index is 12.0. The number of hydrazine groups is 1. The maximum atomic E-state index is 12.0. The fourth-order valence-electron chi connectivity index (χ4n) is 1.74. The highest BCUT2D eigenvalue weighted by atomic mass is 16.5. The number of ether oxygens (including phenoxy) is 1. The molecule has 0 radical (unpaired) electrons. The number of hydrogen-bond donors (Lipinski definition) is 3. The van der Waals surface area contributed by atoms with Crippen molar-refractivity contribution in [3.05, 3.63) is 59.9 Å². The van der Waals surface area contributed by atoms with Gasteiger partial charge in [0.05, 0.1) is 6.61 Å². The van der Waals surface area contributed by atoms with E-state index in [-0.39, 0.29) is 18.2 Å². The van der Waals surface area contributed by atoms with E-state index in [0.29, 0.717) is 11.3 Å². The predicted molar refractivity (Wildman–Crippen MR) is 86.3 cm³/mol. The minimum absolute atomic E-state index is 0.201. The summed E-state index contributed by atoms with van der Waals surface area (Å²) < 4.78 is 4.61. The van der Waals surface area contributed by atoms with Gasteiger partial charge in [-0.3, -0.25) is 20.0 Å². The molecule has 0 aliphatic carbocycles. The molecule has 1 aromatic heterocycles. The van der Waals surface area contributed by atoms with Gasteiger partial charge < -0.3 is 10.1 Å². The van der Waals surface area contributed by atoms with Crippen molar-refractivity contribution in [2.24, 2.45) is 0 Å². The van der Waals surface area contributed by atoms with E-state index in [1.807, 2.05) is 0 Å². The van der Waals surface area contributed by atoms with E-state index < -0.39 is 12.0 Å². The van der Waals surface area contributed by atoms with Crippen LogP contribution in [0.25, 0.3) is 0 Å². The van der Waals surface area contributed by atoms with E-state index in [0.717, 1.165) is 0 Å². The number of hydrogen-bond acceptors (Lipinski definition) is 5. The van der Waals surface area contributed by atoms with Crippen LogP contribution in [0.1, 0.15) is 27.8 Å². The molecule has 0 unspecified atom stereocenters. The zero-order valence-electron chi connectivity index (χ0n) is 12.9. The Kier molecular flexibility index (Phi) is 5.84. The number of nitrogens with zero attached hydrogens (tertiary/aromatic N) is 1. The Morgan fingerprint density at radius 2 is 1.75 bits per heavy atom. The van der Waals surface area contributed by atoms with Gasteiger partial charge in [0, 0.05) is 17.4 Å². The summed E-state index contributed by atoms with van der Waals surface area (Å²) in [7, 11) is 0. The van der Waals surface area contributed by atoms with Crippen molar-refractivity contribution in [1.29, 1.82) is 0 Å². The van der Waals surface area contributed by atoms with Crippen molar-refractivity contribution < 1.29 is 19.1 Å². The van der Waals surface area contributed by atoms with Crippen molar-refractivity contribution in [2.75, 3.05) is 11.9 Å². The summed E-state index contributed by atoms with van der Waals surface area (Å²) in [6.07, 6.45) is 0.781. The van der Waals surface area contributed by atoms with E-state index in [2.05, 4.69) is 25.9 Å². The molecule has 2 rings (SSSR count). The zero-order chi connectivity index (χ0) is 17.4. The van der Waals surface area contributed by atoms with Crippen LogP contribution >= 0.6 is 0 Å². The summed E-state index contributed by atoms with van der Waals surface area (Å²) in [6, 6.07) is 11.2. The third kappa shape index (κ3) is 4.80. The molecular formula is C16H16N4O4. The van der Waals surface area contributed by atoms with E-state index in [1.165, 1.54) is 18.3 Å². The van der Waals surface area contributed by atoms with Crippen LogP contribution in [0.15, 0.2) is 48.7 Å². The van der Waals surface area contributed by atoms with E-state index in [4.69, 9.17) is 0 Å². The molecule has 0 atom stereocenters. The second kappa shape index (κ2) is 8.28. The van der Waals surface area contributed by atoms with Crippen LogP contribution in [-0.4, -0.2) is 29.5 Å². The molecule has 0 saturated carbocycles. The SMILES string of the molecule is CCOC(=O)NNC(=O)c1ccc(NC(=O)c2ccccn2)cc1. The smallest absolute Gasteiger partial charge is 0.426 e. The highest BCUT2D eigenvalue weighted by Gasteiger charge is 2.09. The predicted octanol–water partition coefficient (Wildman–Crippen LogP) is 1.72. The molecule has 0 bridgehead atoms. The summed E-state index contributed by atoms with van der Waals surface area (Å²) in [4.78, 5) is 38.8. The van der Waals surface area contributed by atoms with Gasteiger partial charge in [0.2, 0.25) is 0 Å². The first-order valence-electron chi connectivity index (χ1n) is 7.15. The lowest BCUT2D eigenvalue weighted by atomic mass is 10.2. The molecule has 0 aliphatic heterocycles. The van der Waals surface area contributed by atoms with Gasteiger partial charge in [-0.2, -0.15) is 0 Å². The molecule has 0 fully saturated rings. The Balaban J connectivity index is 1.91. The zero-order valence-corrected chi connectivity index (χ0v) is 12.9.